The molecule has 194 valence electrons. The number of Topliss-reactive ketones (excluding diaryl/α,β-unsaturated/α-hetero) is 1. The van der Waals surface area contributed by atoms with Crippen LogP contribution in [0.1, 0.15) is 43.2 Å². The van der Waals surface area contributed by atoms with Crippen molar-refractivity contribution in [1.29, 1.82) is 0 Å². The molecule has 1 aliphatic carbocycles. The number of carbonyl (C=O) groups excluding carboxylic acids is 2. The highest BCUT2D eigenvalue weighted by Crippen LogP contribution is 2.43. The minimum atomic E-state index is -0.532. The van der Waals surface area contributed by atoms with Gasteiger partial charge in [-0.1, -0.05) is 24.3 Å². The molecule has 0 radical (unpaired) electrons. The van der Waals surface area contributed by atoms with Crippen molar-refractivity contribution in [2.75, 3.05) is 12.4 Å². The molecule has 3 aromatic rings. The fourth-order valence-electron chi connectivity index (χ4n) is 5.02. The Morgan fingerprint density at radius 2 is 1.95 bits per heavy atom. The number of hydrogen-bond donors (Lipinski definition) is 2. The lowest BCUT2D eigenvalue weighted by Crippen LogP contribution is -2.35. The molecule has 1 amide bonds. The molecule has 5 rings (SSSR count). The number of carbonyl (C=O) groups is 2. The van der Waals surface area contributed by atoms with Crippen LogP contribution in [0.15, 0.2) is 93.9 Å². The number of aromatic nitrogens is 1. The molecule has 0 fully saturated rings. The van der Waals surface area contributed by atoms with E-state index in [1.165, 1.54) is 0 Å². The topological polar surface area (TPSA) is 89.5 Å². The van der Waals surface area contributed by atoms with Gasteiger partial charge in [0.05, 0.1) is 7.11 Å². The van der Waals surface area contributed by atoms with Gasteiger partial charge in [-0.05, 0) is 77.7 Å². The van der Waals surface area contributed by atoms with E-state index in [9.17, 15) is 9.59 Å². The number of methoxy groups -OCH3 is 1. The summed E-state index contributed by atoms with van der Waals surface area (Å²) in [7, 11) is 1.62. The Bertz CT molecular complexity index is 1430. The van der Waals surface area contributed by atoms with Crippen molar-refractivity contribution < 1.29 is 19.1 Å². The third kappa shape index (κ3) is 5.36. The summed E-state index contributed by atoms with van der Waals surface area (Å²) in [5.74, 6) is 1.06. The van der Waals surface area contributed by atoms with Gasteiger partial charge in [-0.3, -0.25) is 9.59 Å². The number of ether oxygens (including phenoxy) is 2. The standard InChI is InChI=1S/C30H28BrN3O4/c1-18-27(30(36)34-26-14-12-21(31)16-32-26)28(29-23(33-18)9-6-10-24(29)35)19-11-13-25(37-2)20(15-19)17-38-22-7-4-3-5-8-22/h3-5,7-8,11-16,28,33H,6,9-10,17H2,1-2H3,(H,32,34,36)/t28-/m0/s1. The number of dihydropyridines is 1. The van der Waals surface area contributed by atoms with Crippen LogP contribution in [0.3, 0.4) is 0 Å². The number of benzene rings is 2. The molecule has 2 N–H and O–H groups in total. The van der Waals surface area contributed by atoms with Gasteiger partial charge < -0.3 is 20.1 Å². The fourth-order valence-corrected chi connectivity index (χ4v) is 5.25. The van der Waals surface area contributed by atoms with E-state index >= 15 is 0 Å². The van der Waals surface area contributed by atoms with Crippen molar-refractivity contribution in [3.8, 4) is 11.5 Å². The number of anilines is 1. The van der Waals surface area contributed by atoms with Crippen LogP contribution in [0, 0.1) is 0 Å². The first-order valence-corrected chi connectivity index (χ1v) is 13.3. The molecule has 0 saturated heterocycles. The van der Waals surface area contributed by atoms with Gasteiger partial charge in [-0.2, -0.15) is 0 Å². The summed E-state index contributed by atoms with van der Waals surface area (Å²) in [5.41, 5.74) is 4.40. The lowest BCUT2D eigenvalue weighted by Gasteiger charge is -2.34. The number of ketones is 1. The first-order valence-electron chi connectivity index (χ1n) is 12.5. The smallest absolute Gasteiger partial charge is 0.255 e. The van der Waals surface area contributed by atoms with Gasteiger partial charge in [0.25, 0.3) is 5.91 Å². The quantitative estimate of drug-likeness (QED) is 0.358. The molecule has 7 nitrogen and oxygen atoms in total. The number of hydrogen-bond acceptors (Lipinski definition) is 6. The zero-order valence-electron chi connectivity index (χ0n) is 21.2. The molecule has 8 heteroatoms. The number of nitrogens with one attached hydrogen (secondary N) is 2. The average Bonchev–Trinajstić information content (AvgIpc) is 2.93. The van der Waals surface area contributed by atoms with E-state index in [0.29, 0.717) is 29.1 Å². The van der Waals surface area contributed by atoms with Crippen LogP contribution in [0.25, 0.3) is 0 Å². The van der Waals surface area contributed by atoms with Gasteiger partial charge in [-0.25, -0.2) is 4.98 Å². The second kappa shape index (κ2) is 11.2. The van der Waals surface area contributed by atoms with E-state index in [4.69, 9.17) is 9.47 Å². The Hall–Kier alpha value is -3.91. The van der Waals surface area contributed by atoms with Gasteiger partial charge in [-0.15, -0.1) is 0 Å². The van der Waals surface area contributed by atoms with E-state index in [0.717, 1.165) is 45.6 Å². The van der Waals surface area contributed by atoms with Crippen molar-refractivity contribution in [3.63, 3.8) is 0 Å². The normalized spacial score (nSPS) is 17.0. The van der Waals surface area contributed by atoms with Crippen molar-refractivity contribution in [2.45, 2.75) is 38.7 Å². The largest absolute Gasteiger partial charge is 0.496 e. The molecule has 0 bridgehead atoms. The third-order valence-electron chi connectivity index (χ3n) is 6.76. The maximum atomic E-state index is 13.7. The summed E-state index contributed by atoms with van der Waals surface area (Å²) in [6.45, 7) is 2.15. The molecule has 2 heterocycles. The Kier molecular flexibility index (Phi) is 7.60. The Morgan fingerprint density at radius 3 is 2.68 bits per heavy atom. The molecular weight excluding hydrogens is 546 g/mol. The van der Waals surface area contributed by atoms with Crippen molar-refractivity contribution in [3.05, 3.63) is 105 Å². The number of nitrogens with zero attached hydrogens (tertiary/aromatic N) is 1. The minimum Gasteiger partial charge on any atom is -0.496 e. The van der Waals surface area contributed by atoms with E-state index in [1.54, 1.807) is 19.4 Å². The monoisotopic (exact) mass is 573 g/mol. The number of halogens is 1. The van der Waals surface area contributed by atoms with Crippen LogP contribution in [0.5, 0.6) is 11.5 Å². The summed E-state index contributed by atoms with van der Waals surface area (Å²) in [4.78, 5) is 31.3. The maximum Gasteiger partial charge on any atom is 0.255 e. The summed E-state index contributed by atoms with van der Waals surface area (Å²) in [6, 6.07) is 18.9. The van der Waals surface area contributed by atoms with Gasteiger partial charge in [0.1, 0.15) is 23.9 Å². The van der Waals surface area contributed by atoms with E-state index < -0.39 is 5.92 Å². The predicted molar refractivity (Wildman–Crippen MR) is 149 cm³/mol. The van der Waals surface area contributed by atoms with Crippen molar-refractivity contribution in [1.82, 2.24) is 10.3 Å². The average molecular weight is 574 g/mol. The number of para-hydroxylation sites is 1. The lowest BCUT2D eigenvalue weighted by molar-refractivity contribution is -0.116. The van der Waals surface area contributed by atoms with Crippen molar-refractivity contribution >= 4 is 33.4 Å². The minimum absolute atomic E-state index is 0.0567. The van der Waals surface area contributed by atoms with Crippen molar-refractivity contribution in [2.24, 2.45) is 0 Å². The molecular formula is C30H28BrN3O4. The Labute approximate surface area is 230 Å². The van der Waals surface area contributed by atoms with Gasteiger partial charge in [0.2, 0.25) is 0 Å². The van der Waals surface area contributed by atoms with E-state index in [-0.39, 0.29) is 18.3 Å². The SMILES string of the molecule is COc1ccc([C@H]2C(C(=O)Nc3ccc(Br)cn3)=C(C)NC3=C2C(=O)CCC3)cc1COc1ccccc1. The summed E-state index contributed by atoms with van der Waals surface area (Å²) >= 11 is 3.37. The third-order valence-corrected chi connectivity index (χ3v) is 7.23. The fraction of sp³-hybridized carbons (Fsp3) is 0.233. The van der Waals surface area contributed by atoms with E-state index in [1.807, 2.05) is 61.5 Å². The molecule has 1 atom stereocenters. The molecule has 0 spiro atoms. The highest BCUT2D eigenvalue weighted by Gasteiger charge is 2.38. The Balaban J connectivity index is 1.54. The highest BCUT2D eigenvalue weighted by atomic mass is 79.9. The van der Waals surface area contributed by atoms with Crippen LogP contribution < -0.4 is 20.1 Å². The molecule has 2 aliphatic rings. The van der Waals surface area contributed by atoms with Gasteiger partial charge >= 0.3 is 0 Å². The number of rotatable bonds is 7. The zero-order valence-corrected chi connectivity index (χ0v) is 22.8. The molecule has 1 aliphatic heterocycles. The molecule has 0 unspecified atom stereocenters. The zero-order chi connectivity index (χ0) is 26.6. The van der Waals surface area contributed by atoms with Gasteiger partial charge in [0, 0.05) is 51.1 Å². The maximum absolute atomic E-state index is 13.7. The lowest BCUT2D eigenvalue weighted by atomic mass is 9.74. The molecule has 38 heavy (non-hydrogen) atoms. The van der Waals surface area contributed by atoms with Crippen LogP contribution >= 0.6 is 15.9 Å². The first-order chi connectivity index (χ1) is 18.4. The van der Waals surface area contributed by atoms with Crippen LogP contribution in [0.4, 0.5) is 5.82 Å². The number of allylic oxidation sites excluding steroid dienone is 3. The molecule has 2 aromatic carbocycles. The van der Waals surface area contributed by atoms with Crippen LogP contribution in [-0.4, -0.2) is 23.8 Å². The highest BCUT2D eigenvalue weighted by molar-refractivity contribution is 9.10. The van der Waals surface area contributed by atoms with Crippen LogP contribution in [-0.2, 0) is 16.2 Å². The number of amides is 1. The first kappa shape index (κ1) is 25.7. The second-order valence-electron chi connectivity index (χ2n) is 9.25. The summed E-state index contributed by atoms with van der Waals surface area (Å²) in [5, 5.41) is 6.27. The Morgan fingerprint density at radius 1 is 1.13 bits per heavy atom. The predicted octanol–water partition coefficient (Wildman–Crippen LogP) is 6.04. The van der Waals surface area contributed by atoms with Crippen LogP contribution in [0.2, 0.25) is 0 Å². The second-order valence-corrected chi connectivity index (χ2v) is 10.2. The number of pyridine rings is 1. The summed E-state index contributed by atoms with van der Waals surface area (Å²) in [6.07, 6.45) is 3.63. The molecule has 1 aromatic heterocycles. The van der Waals surface area contributed by atoms with E-state index in [2.05, 4.69) is 31.5 Å². The van der Waals surface area contributed by atoms with Gasteiger partial charge in [0.15, 0.2) is 5.78 Å². The summed E-state index contributed by atoms with van der Waals surface area (Å²) < 4.78 is 12.4. The molecule has 0 saturated carbocycles.